The Hall–Kier alpha value is -0.900. The van der Waals surface area contributed by atoms with Gasteiger partial charge in [0.05, 0.1) is 6.10 Å². The van der Waals surface area contributed by atoms with Gasteiger partial charge in [0.1, 0.15) is 5.60 Å². The molecule has 5 aliphatic rings. The highest BCUT2D eigenvalue weighted by Gasteiger charge is 2.78. The minimum atomic E-state index is -0.747. The lowest BCUT2D eigenvalue weighted by Crippen LogP contribution is -2.65. The number of aliphatic hydroxyl groups is 2. The Kier molecular flexibility index (Phi) is 5.27. The molecular weight excluding hydrogens is 408 g/mol. The van der Waals surface area contributed by atoms with Crippen molar-refractivity contribution in [1.82, 2.24) is 0 Å². The maximum atomic E-state index is 11.6. The van der Waals surface area contributed by atoms with Gasteiger partial charge in [-0.25, -0.2) is 0 Å². The van der Waals surface area contributed by atoms with Crippen LogP contribution in [0.5, 0.6) is 0 Å². The van der Waals surface area contributed by atoms with E-state index in [9.17, 15) is 10.2 Å². The third kappa shape index (κ3) is 2.74. The van der Waals surface area contributed by atoms with E-state index in [1.165, 1.54) is 12.8 Å². The van der Waals surface area contributed by atoms with Crippen molar-refractivity contribution in [2.24, 2.45) is 45.3 Å². The summed E-state index contributed by atoms with van der Waals surface area (Å²) in [6.07, 6.45) is 15.6. The van der Waals surface area contributed by atoms with Gasteiger partial charge in [0.2, 0.25) is 0 Å². The Morgan fingerprint density at radius 2 is 1.82 bits per heavy atom. The predicted molar refractivity (Wildman–Crippen MR) is 133 cm³/mol. The minimum absolute atomic E-state index is 0.153. The van der Waals surface area contributed by atoms with Gasteiger partial charge in [0, 0.05) is 16.7 Å². The number of ether oxygens (including phenoxy) is 1. The molecule has 2 N–H and O–H groups in total. The summed E-state index contributed by atoms with van der Waals surface area (Å²) in [6, 6.07) is 0. The van der Waals surface area contributed by atoms with Crippen molar-refractivity contribution >= 4 is 0 Å². The van der Waals surface area contributed by atoms with Crippen LogP contribution in [0.3, 0.4) is 0 Å². The summed E-state index contributed by atoms with van der Waals surface area (Å²) in [6.45, 7) is 17.9. The fourth-order valence-electron chi connectivity index (χ4n) is 9.90. The van der Waals surface area contributed by atoms with Gasteiger partial charge in [-0.15, -0.1) is 0 Å². The van der Waals surface area contributed by atoms with Crippen molar-refractivity contribution in [2.75, 3.05) is 0 Å². The van der Waals surface area contributed by atoms with E-state index in [4.69, 9.17) is 4.74 Å². The Morgan fingerprint density at radius 1 is 1.09 bits per heavy atom. The number of aliphatic hydroxyl groups excluding tert-OH is 2. The lowest BCUT2D eigenvalue weighted by molar-refractivity contribution is -0.213. The highest BCUT2D eigenvalue weighted by Crippen LogP contribution is 2.78. The smallest absolute Gasteiger partial charge is 0.162 e. The highest BCUT2D eigenvalue weighted by atomic mass is 16.6. The molecule has 1 unspecified atom stereocenters. The van der Waals surface area contributed by atoms with Crippen molar-refractivity contribution in [1.29, 1.82) is 0 Å². The number of hydrogen-bond donors (Lipinski definition) is 2. The van der Waals surface area contributed by atoms with Gasteiger partial charge in [-0.05, 0) is 80.5 Å². The van der Waals surface area contributed by atoms with Crippen LogP contribution in [0.2, 0.25) is 0 Å². The summed E-state index contributed by atoms with van der Waals surface area (Å²) in [5, 5.41) is 22.5. The van der Waals surface area contributed by atoms with Crippen molar-refractivity contribution in [3.05, 3.63) is 36.5 Å². The molecule has 3 saturated carbocycles. The fourth-order valence-corrected chi connectivity index (χ4v) is 9.90. The molecular formula is C30H46O3. The molecule has 0 aromatic carbocycles. The third-order valence-electron chi connectivity index (χ3n) is 12.1. The van der Waals surface area contributed by atoms with Crippen molar-refractivity contribution < 1.29 is 14.9 Å². The van der Waals surface area contributed by atoms with Crippen molar-refractivity contribution in [2.45, 2.75) is 104 Å². The van der Waals surface area contributed by atoms with Crippen LogP contribution in [0.1, 0.15) is 86.5 Å². The predicted octanol–water partition coefficient (Wildman–Crippen LogP) is 6.42. The highest BCUT2D eigenvalue weighted by molar-refractivity contribution is 5.34. The molecule has 3 nitrogen and oxygen atoms in total. The molecule has 1 saturated heterocycles. The van der Waals surface area contributed by atoms with E-state index in [1.807, 2.05) is 0 Å². The molecule has 2 bridgehead atoms. The molecule has 1 aliphatic heterocycles. The van der Waals surface area contributed by atoms with E-state index >= 15 is 0 Å². The SMILES string of the molecule is C=C(C)C=CC[C@@H](C)[C@H]1CC[C@@]2(C)[C@@H]3C=C[C@@]45OC(O)[C@]3(CC[C@]12C)[C@@H]4CC[C@H](O)C5(C)C. The molecule has 0 radical (unpaired) electrons. The van der Waals surface area contributed by atoms with E-state index in [2.05, 4.69) is 72.4 Å². The first-order chi connectivity index (χ1) is 15.4. The first kappa shape index (κ1) is 23.8. The van der Waals surface area contributed by atoms with Gasteiger partial charge in [-0.2, -0.15) is 0 Å². The van der Waals surface area contributed by atoms with E-state index in [1.54, 1.807) is 0 Å². The standard InChI is InChI=1S/C30H46O3/c1-19(2)9-8-10-20(3)21-13-15-28(7)22-14-16-30-23(11-12-24(31)26(30,4)5)29(22,25(32)33-30)18-17-27(21,28)6/h8-9,14,16,20-25,31-32H,1,10-13,15,17-18H2,2-7H3/t20-,21-,22+,23+,24+,25?,27-,28+,29+,30-/m1/s1. The van der Waals surface area contributed by atoms with Crippen LogP contribution in [0.15, 0.2) is 36.5 Å². The molecule has 0 aromatic heterocycles. The Bertz CT molecular complexity index is 887. The number of allylic oxidation sites excluding steroid dienone is 4. The lowest BCUT2D eigenvalue weighted by atomic mass is 9.38. The van der Waals surface area contributed by atoms with Gasteiger partial charge in [-0.1, -0.05) is 71.1 Å². The average molecular weight is 455 g/mol. The monoisotopic (exact) mass is 454 g/mol. The third-order valence-corrected chi connectivity index (χ3v) is 12.1. The number of hydrogen-bond acceptors (Lipinski definition) is 3. The van der Waals surface area contributed by atoms with Crippen molar-refractivity contribution in [3.8, 4) is 0 Å². The fraction of sp³-hybridized carbons (Fsp3) is 0.800. The molecule has 0 aromatic rings. The average Bonchev–Trinajstić information content (AvgIpc) is 3.09. The van der Waals surface area contributed by atoms with Crippen LogP contribution in [0.25, 0.3) is 0 Å². The van der Waals surface area contributed by atoms with Gasteiger partial charge >= 0.3 is 0 Å². The molecule has 4 aliphatic carbocycles. The van der Waals surface area contributed by atoms with Crippen LogP contribution < -0.4 is 0 Å². The second-order valence-corrected chi connectivity index (χ2v) is 13.5. The normalized spacial score (nSPS) is 52.9. The van der Waals surface area contributed by atoms with Crippen LogP contribution >= 0.6 is 0 Å². The summed E-state index contributed by atoms with van der Waals surface area (Å²) in [4.78, 5) is 0. The van der Waals surface area contributed by atoms with Gasteiger partial charge in [0.15, 0.2) is 6.29 Å². The van der Waals surface area contributed by atoms with E-state index in [-0.39, 0.29) is 22.2 Å². The second kappa shape index (κ2) is 7.31. The van der Waals surface area contributed by atoms with E-state index in [0.717, 1.165) is 37.7 Å². The van der Waals surface area contributed by atoms with E-state index in [0.29, 0.717) is 17.8 Å². The zero-order valence-electron chi connectivity index (χ0n) is 21.7. The van der Waals surface area contributed by atoms with Gasteiger partial charge in [-0.3, -0.25) is 0 Å². The molecule has 0 amide bonds. The summed E-state index contributed by atoms with van der Waals surface area (Å²) < 4.78 is 6.59. The Morgan fingerprint density at radius 3 is 2.52 bits per heavy atom. The maximum absolute atomic E-state index is 11.6. The Balaban J connectivity index is 1.52. The zero-order valence-corrected chi connectivity index (χ0v) is 21.7. The van der Waals surface area contributed by atoms with Gasteiger partial charge in [0.25, 0.3) is 0 Å². The van der Waals surface area contributed by atoms with Crippen LogP contribution in [-0.4, -0.2) is 28.2 Å². The molecule has 4 fully saturated rings. The molecule has 10 atom stereocenters. The van der Waals surface area contributed by atoms with Crippen LogP contribution in [-0.2, 0) is 4.74 Å². The summed E-state index contributed by atoms with van der Waals surface area (Å²) in [5.74, 6) is 1.94. The molecule has 184 valence electrons. The topological polar surface area (TPSA) is 49.7 Å². The summed E-state index contributed by atoms with van der Waals surface area (Å²) in [5.41, 5.74) is 0.360. The van der Waals surface area contributed by atoms with Gasteiger partial charge < -0.3 is 14.9 Å². The quantitative estimate of drug-likeness (QED) is 0.381. The summed E-state index contributed by atoms with van der Waals surface area (Å²) >= 11 is 0. The number of fused-ring (bicyclic) bond motifs is 2. The molecule has 5 rings (SSSR count). The maximum Gasteiger partial charge on any atom is 0.162 e. The van der Waals surface area contributed by atoms with Crippen LogP contribution in [0, 0.1) is 45.3 Å². The Labute approximate surface area is 201 Å². The first-order valence-corrected chi connectivity index (χ1v) is 13.4. The lowest BCUT2D eigenvalue weighted by Gasteiger charge is -2.65. The van der Waals surface area contributed by atoms with Crippen LogP contribution in [0.4, 0.5) is 0 Å². The van der Waals surface area contributed by atoms with E-state index < -0.39 is 23.4 Å². The summed E-state index contributed by atoms with van der Waals surface area (Å²) in [7, 11) is 0. The molecule has 33 heavy (non-hydrogen) atoms. The molecule has 1 spiro atoms. The largest absolute Gasteiger partial charge is 0.392 e. The second-order valence-electron chi connectivity index (χ2n) is 13.5. The van der Waals surface area contributed by atoms with Crippen molar-refractivity contribution in [3.63, 3.8) is 0 Å². The minimum Gasteiger partial charge on any atom is -0.392 e. The molecule has 1 heterocycles. The molecule has 3 heteroatoms. The number of rotatable bonds is 4. The first-order valence-electron chi connectivity index (χ1n) is 13.4. The zero-order chi connectivity index (χ0) is 24.0.